The lowest BCUT2D eigenvalue weighted by atomic mass is 10.0. The third-order valence-electron chi connectivity index (χ3n) is 7.09. The first-order valence-electron chi connectivity index (χ1n) is 15.8. The molecular weight excluding hydrogens is 400 g/mol. The molecular formula is C32H66O. The van der Waals surface area contributed by atoms with Crippen molar-refractivity contribution in [3.8, 4) is 0 Å². The summed E-state index contributed by atoms with van der Waals surface area (Å²) in [5.74, 6) is 0.675. The van der Waals surface area contributed by atoms with Gasteiger partial charge in [-0.2, -0.15) is 0 Å². The Morgan fingerprint density at radius 2 is 0.606 bits per heavy atom. The summed E-state index contributed by atoms with van der Waals surface area (Å²) < 4.78 is 5.65. The molecule has 0 aliphatic rings. The molecule has 0 N–H and O–H groups in total. The van der Waals surface area contributed by atoms with E-state index in [1.54, 1.807) is 0 Å². The van der Waals surface area contributed by atoms with Crippen LogP contribution in [0.5, 0.6) is 0 Å². The second-order valence-corrected chi connectivity index (χ2v) is 11.3. The van der Waals surface area contributed by atoms with Gasteiger partial charge >= 0.3 is 0 Å². The summed E-state index contributed by atoms with van der Waals surface area (Å²) in [6.07, 6.45) is 37.9. The van der Waals surface area contributed by atoms with E-state index in [0.717, 1.165) is 13.2 Å². The molecule has 1 heteroatoms. The molecule has 0 atom stereocenters. The fourth-order valence-corrected chi connectivity index (χ4v) is 4.84. The molecule has 0 saturated carbocycles. The Labute approximate surface area is 211 Å². The van der Waals surface area contributed by atoms with E-state index in [1.165, 1.54) is 167 Å². The summed E-state index contributed by atoms with van der Waals surface area (Å²) in [5.41, 5.74) is 0. The summed E-state index contributed by atoms with van der Waals surface area (Å²) in [5, 5.41) is 0. The Kier molecular flexibility index (Phi) is 30.0. The zero-order valence-corrected chi connectivity index (χ0v) is 23.8. The van der Waals surface area contributed by atoms with Crippen molar-refractivity contribution < 1.29 is 4.74 Å². The molecule has 0 saturated heterocycles. The topological polar surface area (TPSA) is 9.23 Å². The Morgan fingerprint density at radius 1 is 0.364 bits per heavy atom. The highest BCUT2D eigenvalue weighted by Gasteiger charge is 1.97. The molecule has 0 aliphatic heterocycles. The Balaban J connectivity index is 3.00. The quantitative estimate of drug-likeness (QED) is 0.0995. The molecule has 0 spiro atoms. The Bertz CT molecular complexity index is 324. The highest BCUT2D eigenvalue weighted by atomic mass is 16.5. The molecule has 0 heterocycles. The predicted molar refractivity (Wildman–Crippen MR) is 151 cm³/mol. The van der Waals surface area contributed by atoms with Gasteiger partial charge in [-0.1, -0.05) is 181 Å². The molecule has 0 fully saturated rings. The first-order chi connectivity index (χ1) is 16.3. The van der Waals surface area contributed by atoms with Crippen molar-refractivity contribution in [1.29, 1.82) is 0 Å². The SMILES string of the molecule is CCCCCCCCCCCCCCCCCCCCCCCCCCCCOCC(C)C. The molecule has 0 amide bonds. The van der Waals surface area contributed by atoms with Gasteiger partial charge in [0.15, 0.2) is 0 Å². The van der Waals surface area contributed by atoms with E-state index in [0.29, 0.717) is 5.92 Å². The summed E-state index contributed by atoms with van der Waals surface area (Å²) in [6, 6.07) is 0. The maximum Gasteiger partial charge on any atom is 0.0488 e. The van der Waals surface area contributed by atoms with E-state index in [4.69, 9.17) is 4.74 Å². The zero-order chi connectivity index (χ0) is 24.1. The number of hydrogen-bond donors (Lipinski definition) is 0. The van der Waals surface area contributed by atoms with Gasteiger partial charge in [0.25, 0.3) is 0 Å². The van der Waals surface area contributed by atoms with E-state index >= 15 is 0 Å². The van der Waals surface area contributed by atoms with Gasteiger partial charge in [-0.05, 0) is 12.3 Å². The minimum atomic E-state index is 0.675. The van der Waals surface area contributed by atoms with Crippen LogP contribution in [0.2, 0.25) is 0 Å². The van der Waals surface area contributed by atoms with Crippen molar-refractivity contribution in [2.45, 2.75) is 188 Å². The fraction of sp³-hybridized carbons (Fsp3) is 1.00. The zero-order valence-electron chi connectivity index (χ0n) is 23.8. The molecule has 33 heavy (non-hydrogen) atoms. The van der Waals surface area contributed by atoms with Crippen LogP contribution in [0.15, 0.2) is 0 Å². The van der Waals surface area contributed by atoms with Crippen LogP contribution in [0.4, 0.5) is 0 Å². The van der Waals surface area contributed by atoms with Crippen molar-refractivity contribution in [2.75, 3.05) is 13.2 Å². The van der Waals surface area contributed by atoms with Crippen molar-refractivity contribution >= 4 is 0 Å². The standard InChI is InChI=1S/C32H66O/c1-4-5-6-7-8-9-10-11-12-13-14-15-16-17-18-19-20-21-22-23-24-25-26-27-28-29-30-33-31-32(2)3/h32H,4-31H2,1-3H3. The van der Waals surface area contributed by atoms with Crippen LogP contribution in [0.3, 0.4) is 0 Å². The second-order valence-electron chi connectivity index (χ2n) is 11.3. The van der Waals surface area contributed by atoms with E-state index in [-0.39, 0.29) is 0 Å². The van der Waals surface area contributed by atoms with Crippen molar-refractivity contribution in [2.24, 2.45) is 5.92 Å². The lowest BCUT2D eigenvalue weighted by molar-refractivity contribution is 0.106. The number of unbranched alkanes of at least 4 members (excludes halogenated alkanes) is 25. The number of ether oxygens (including phenoxy) is 1. The summed E-state index contributed by atoms with van der Waals surface area (Å²) in [4.78, 5) is 0. The van der Waals surface area contributed by atoms with Crippen LogP contribution in [0, 0.1) is 5.92 Å². The average molecular weight is 467 g/mol. The van der Waals surface area contributed by atoms with Gasteiger partial charge in [-0.25, -0.2) is 0 Å². The third kappa shape index (κ3) is 32.0. The highest BCUT2D eigenvalue weighted by molar-refractivity contribution is 4.52. The van der Waals surface area contributed by atoms with Crippen LogP contribution in [0.1, 0.15) is 188 Å². The molecule has 1 nitrogen and oxygen atoms in total. The van der Waals surface area contributed by atoms with Gasteiger partial charge in [0, 0.05) is 13.2 Å². The first kappa shape index (κ1) is 33.0. The van der Waals surface area contributed by atoms with Gasteiger partial charge < -0.3 is 4.74 Å². The third-order valence-corrected chi connectivity index (χ3v) is 7.09. The van der Waals surface area contributed by atoms with Crippen LogP contribution in [-0.4, -0.2) is 13.2 Å². The molecule has 0 aromatic rings. The lowest BCUT2D eigenvalue weighted by Crippen LogP contribution is -2.02. The van der Waals surface area contributed by atoms with Crippen LogP contribution < -0.4 is 0 Å². The van der Waals surface area contributed by atoms with E-state index < -0.39 is 0 Å². The highest BCUT2D eigenvalue weighted by Crippen LogP contribution is 2.16. The molecule has 0 aromatic heterocycles. The lowest BCUT2D eigenvalue weighted by Gasteiger charge is -2.06. The molecule has 0 aliphatic carbocycles. The normalized spacial score (nSPS) is 11.6. The summed E-state index contributed by atoms with van der Waals surface area (Å²) in [6.45, 7) is 8.65. The van der Waals surface area contributed by atoms with Gasteiger partial charge in [0.2, 0.25) is 0 Å². The molecule has 200 valence electrons. The van der Waals surface area contributed by atoms with Gasteiger partial charge in [-0.15, -0.1) is 0 Å². The Hall–Kier alpha value is -0.0400. The fourth-order valence-electron chi connectivity index (χ4n) is 4.84. The molecule has 0 aromatic carbocycles. The minimum absolute atomic E-state index is 0.675. The largest absolute Gasteiger partial charge is 0.381 e. The van der Waals surface area contributed by atoms with E-state index in [1.807, 2.05) is 0 Å². The van der Waals surface area contributed by atoms with Gasteiger partial charge in [0.1, 0.15) is 0 Å². The van der Waals surface area contributed by atoms with Gasteiger partial charge in [0.05, 0.1) is 0 Å². The summed E-state index contributed by atoms with van der Waals surface area (Å²) >= 11 is 0. The van der Waals surface area contributed by atoms with Crippen LogP contribution >= 0.6 is 0 Å². The first-order valence-corrected chi connectivity index (χ1v) is 15.8. The van der Waals surface area contributed by atoms with Gasteiger partial charge in [-0.3, -0.25) is 0 Å². The average Bonchev–Trinajstić information content (AvgIpc) is 2.80. The smallest absolute Gasteiger partial charge is 0.0488 e. The minimum Gasteiger partial charge on any atom is -0.381 e. The number of hydrogen-bond acceptors (Lipinski definition) is 1. The predicted octanol–water partition coefficient (Wildman–Crippen LogP) is 11.8. The monoisotopic (exact) mass is 467 g/mol. The van der Waals surface area contributed by atoms with E-state index in [2.05, 4.69) is 20.8 Å². The van der Waals surface area contributed by atoms with E-state index in [9.17, 15) is 0 Å². The van der Waals surface area contributed by atoms with Crippen molar-refractivity contribution in [3.63, 3.8) is 0 Å². The number of rotatable bonds is 29. The Morgan fingerprint density at radius 3 is 0.848 bits per heavy atom. The van der Waals surface area contributed by atoms with Crippen LogP contribution in [0.25, 0.3) is 0 Å². The van der Waals surface area contributed by atoms with Crippen molar-refractivity contribution in [3.05, 3.63) is 0 Å². The molecule has 0 radical (unpaired) electrons. The molecule has 0 rings (SSSR count). The maximum atomic E-state index is 5.65. The molecule has 0 bridgehead atoms. The second kappa shape index (κ2) is 30.0. The van der Waals surface area contributed by atoms with Crippen LogP contribution in [-0.2, 0) is 4.74 Å². The summed E-state index contributed by atoms with van der Waals surface area (Å²) in [7, 11) is 0. The molecule has 0 unspecified atom stereocenters. The van der Waals surface area contributed by atoms with Crippen molar-refractivity contribution in [1.82, 2.24) is 0 Å². The maximum absolute atomic E-state index is 5.65.